The van der Waals surface area contributed by atoms with Gasteiger partial charge in [-0.1, -0.05) is 26.0 Å². The highest BCUT2D eigenvalue weighted by Crippen LogP contribution is 2.54. The van der Waals surface area contributed by atoms with E-state index in [0.717, 1.165) is 18.4 Å². The molecular weight excluding hydrogens is 244 g/mol. The average molecular weight is 268 g/mol. The molecule has 2 aliphatic rings. The lowest BCUT2D eigenvalue weighted by Crippen LogP contribution is -2.51. The Morgan fingerprint density at radius 1 is 1.47 bits per heavy atom. The highest BCUT2D eigenvalue weighted by molar-refractivity contribution is 5.71. The van der Waals surface area contributed by atoms with Gasteiger partial charge in [-0.05, 0) is 13.3 Å². The van der Waals surface area contributed by atoms with Crippen molar-refractivity contribution in [1.82, 2.24) is 0 Å². The van der Waals surface area contributed by atoms with Crippen LogP contribution < -0.4 is 0 Å². The molecule has 4 nitrogen and oxygen atoms in total. The van der Waals surface area contributed by atoms with Crippen LogP contribution in [0.1, 0.15) is 40.0 Å². The van der Waals surface area contributed by atoms with Crippen LogP contribution in [-0.4, -0.2) is 31.6 Å². The van der Waals surface area contributed by atoms with Gasteiger partial charge in [-0.3, -0.25) is 4.79 Å². The lowest BCUT2D eigenvalue weighted by molar-refractivity contribution is -0.228. The normalized spacial score (nSPS) is 33.6. The van der Waals surface area contributed by atoms with Crippen molar-refractivity contribution in [2.75, 3.05) is 19.8 Å². The molecule has 108 valence electrons. The predicted octanol–water partition coefficient (Wildman–Crippen LogP) is 2.68. The predicted molar refractivity (Wildman–Crippen MR) is 71.5 cm³/mol. The zero-order valence-electron chi connectivity index (χ0n) is 12.2. The maximum Gasteiger partial charge on any atom is 0.306 e. The molecule has 1 spiro atoms. The van der Waals surface area contributed by atoms with E-state index in [0.29, 0.717) is 26.2 Å². The van der Waals surface area contributed by atoms with Gasteiger partial charge in [-0.15, -0.1) is 0 Å². The maximum absolute atomic E-state index is 11.9. The minimum absolute atomic E-state index is 0.0909. The number of hydrogen-bond donors (Lipinski definition) is 0. The van der Waals surface area contributed by atoms with E-state index < -0.39 is 5.79 Å². The van der Waals surface area contributed by atoms with E-state index in [1.165, 1.54) is 0 Å². The number of allylic oxidation sites excluding steroid dienone is 1. The summed E-state index contributed by atoms with van der Waals surface area (Å²) in [6.07, 6.45) is 2.00. The fourth-order valence-electron chi connectivity index (χ4n) is 3.27. The molecule has 1 aliphatic carbocycles. The Kier molecular flexibility index (Phi) is 4.02. The van der Waals surface area contributed by atoms with Crippen molar-refractivity contribution in [3.05, 3.63) is 12.2 Å². The summed E-state index contributed by atoms with van der Waals surface area (Å²) in [4.78, 5) is 11.9. The van der Waals surface area contributed by atoms with Crippen LogP contribution in [0.25, 0.3) is 0 Å². The van der Waals surface area contributed by atoms with Crippen molar-refractivity contribution in [1.29, 1.82) is 0 Å². The topological polar surface area (TPSA) is 44.8 Å². The quantitative estimate of drug-likeness (QED) is 0.583. The van der Waals surface area contributed by atoms with Gasteiger partial charge in [0, 0.05) is 17.8 Å². The second-order valence-electron chi connectivity index (χ2n) is 5.73. The molecule has 0 aromatic heterocycles. The molecular formula is C15H24O4. The summed E-state index contributed by atoms with van der Waals surface area (Å²) < 4.78 is 16.8. The fraction of sp³-hybridized carbons (Fsp3) is 0.800. The van der Waals surface area contributed by atoms with Gasteiger partial charge in [0.25, 0.3) is 0 Å². The van der Waals surface area contributed by atoms with Crippen molar-refractivity contribution in [3.8, 4) is 0 Å². The third-order valence-corrected chi connectivity index (χ3v) is 4.79. The Hall–Kier alpha value is -0.870. The van der Waals surface area contributed by atoms with Crippen molar-refractivity contribution < 1.29 is 19.0 Å². The van der Waals surface area contributed by atoms with Crippen LogP contribution in [0, 0.1) is 11.3 Å². The first kappa shape index (κ1) is 14.5. The van der Waals surface area contributed by atoms with Crippen LogP contribution in [0.3, 0.4) is 0 Å². The van der Waals surface area contributed by atoms with E-state index in [2.05, 4.69) is 20.4 Å². The number of hydrogen-bond acceptors (Lipinski definition) is 4. The Morgan fingerprint density at radius 3 is 2.68 bits per heavy atom. The second kappa shape index (κ2) is 5.25. The van der Waals surface area contributed by atoms with Crippen LogP contribution >= 0.6 is 0 Å². The minimum atomic E-state index is -0.539. The highest BCUT2D eigenvalue weighted by Gasteiger charge is 2.55. The molecule has 1 unspecified atom stereocenters. The first-order valence-corrected chi connectivity index (χ1v) is 7.06. The van der Waals surface area contributed by atoms with E-state index in [9.17, 15) is 4.79 Å². The van der Waals surface area contributed by atoms with Crippen LogP contribution in [0.2, 0.25) is 0 Å². The number of carbonyl (C=O) groups is 1. The third kappa shape index (κ3) is 2.43. The highest BCUT2D eigenvalue weighted by atomic mass is 16.7. The first-order chi connectivity index (χ1) is 8.94. The molecule has 1 heterocycles. The lowest BCUT2D eigenvalue weighted by atomic mass is 9.61. The maximum atomic E-state index is 11.9. The van der Waals surface area contributed by atoms with E-state index in [-0.39, 0.29) is 17.3 Å². The van der Waals surface area contributed by atoms with Crippen LogP contribution in [0.4, 0.5) is 0 Å². The summed E-state index contributed by atoms with van der Waals surface area (Å²) in [5.74, 6) is -0.621. The van der Waals surface area contributed by atoms with Crippen molar-refractivity contribution in [2.24, 2.45) is 11.3 Å². The second-order valence-corrected chi connectivity index (χ2v) is 5.73. The standard InChI is InChI=1S/C15H24O4/c1-5-17-13(16)10-14(4)11(2)6-7-15(12(14)3)18-8-9-19-15/h12H,2,5-10H2,1,3-4H3/t12?,14-/m1/s1. The van der Waals surface area contributed by atoms with Crippen molar-refractivity contribution in [2.45, 2.75) is 45.8 Å². The minimum Gasteiger partial charge on any atom is -0.466 e. The Bertz CT molecular complexity index is 370. The largest absolute Gasteiger partial charge is 0.466 e. The third-order valence-electron chi connectivity index (χ3n) is 4.79. The molecule has 2 atom stereocenters. The van der Waals surface area contributed by atoms with Crippen LogP contribution in [0.5, 0.6) is 0 Å². The molecule has 0 radical (unpaired) electrons. The SMILES string of the molecule is C=C1CCC2(OCCO2)C(C)[C@]1(C)CC(=O)OCC. The van der Waals surface area contributed by atoms with Gasteiger partial charge in [0.15, 0.2) is 5.79 Å². The lowest BCUT2D eigenvalue weighted by Gasteiger charge is -2.49. The molecule has 0 amide bonds. The Labute approximate surface area is 115 Å². The summed E-state index contributed by atoms with van der Waals surface area (Å²) in [6, 6.07) is 0. The van der Waals surface area contributed by atoms with Gasteiger partial charge in [0.05, 0.1) is 26.2 Å². The fourth-order valence-corrected chi connectivity index (χ4v) is 3.27. The summed E-state index contributed by atoms with van der Waals surface area (Å²) in [5, 5.41) is 0. The zero-order valence-corrected chi connectivity index (χ0v) is 12.2. The average Bonchev–Trinajstić information content (AvgIpc) is 2.83. The summed E-state index contributed by atoms with van der Waals surface area (Å²) in [7, 11) is 0. The van der Waals surface area contributed by atoms with E-state index in [1.807, 2.05) is 6.92 Å². The molecule has 1 aliphatic heterocycles. The van der Waals surface area contributed by atoms with Gasteiger partial charge in [-0.2, -0.15) is 0 Å². The van der Waals surface area contributed by atoms with Crippen molar-refractivity contribution in [3.63, 3.8) is 0 Å². The zero-order chi connectivity index (χ0) is 14.1. The molecule has 0 bridgehead atoms. The summed E-state index contributed by atoms with van der Waals surface area (Å²) >= 11 is 0. The molecule has 2 fully saturated rings. The van der Waals surface area contributed by atoms with Crippen molar-refractivity contribution >= 4 is 5.97 Å². The molecule has 1 saturated carbocycles. The van der Waals surface area contributed by atoms with Crippen LogP contribution in [0.15, 0.2) is 12.2 Å². The Morgan fingerprint density at radius 2 is 2.11 bits per heavy atom. The summed E-state index contributed by atoms with van der Waals surface area (Å²) in [6.45, 7) is 11.8. The van der Waals surface area contributed by atoms with E-state index in [4.69, 9.17) is 14.2 Å². The molecule has 0 aromatic rings. The molecule has 2 rings (SSSR count). The monoisotopic (exact) mass is 268 g/mol. The Balaban J connectivity index is 2.20. The molecule has 4 heteroatoms. The van der Waals surface area contributed by atoms with E-state index in [1.54, 1.807) is 0 Å². The smallest absolute Gasteiger partial charge is 0.306 e. The van der Waals surface area contributed by atoms with Gasteiger partial charge >= 0.3 is 5.97 Å². The van der Waals surface area contributed by atoms with Gasteiger partial charge in [0.2, 0.25) is 0 Å². The van der Waals surface area contributed by atoms with Gasteiger partial charge in [0.1, 0.15) is 0 Å². The number of esters is 1. The molecule has 0 N–H and O–H groups in total. The van der Waals surface area contributed by atoms with Gasteiger partial charge < -0.3 is 14.2 Å². The first-order valence-electron chi connectivity index (χ1n) is 7.06. The summed E-state index contributed by atoms with van der Waals surface area (Å²) in [5.41, 5.74) is 0.771. The van der Waals surface area contributed by atoms with E-state index >= 15 is 0 Å². The number of ether oxygens (including phenoxy) is 3. The molecule has 19 heavy (non-hydrogen) atoms. The number of carbonyl (C=O) groups excluding carboxylic acids is 1. The number of rotatable bonds is 3. The molecule has 0 aromatic carbocycles. The van der Waals surface area contributed by atoms with Crippen LogP contribution in [-0.2, 0) is 19.0 Å². The molecule has 1 saturated heterocycles. The van der Waals surface area contributed by atoms with Gasteiger partial charge in [-0.25, -0.2) is 0 Å².